The molecule has 0 aliphatic carbocycles. The van der Waals surface area contributed by atoms with Gasteiger partial charge in [0.05, 0.1) is 19.7 Å². The molecule has 0 aromatic heterocycles. The number of amides is 1. The normalized spacial score (nSPS) is 11.0. The lowest BCUT2D eigenvalue weighted by Gasteiger charge is -2.08. The van der Waals surface area contributed by atoms with Crippen molar-refractivity contribution in [3.63, 3.8) is 0 Å². The summed E-state index contributed by atoms with van der Waals surface area (Å²) in [5.74, 6) is 0.507. The molecule has 0 saturated heterocycles. The lowest BCUT2D eigenvalue weighted by Crippen LogP contribution is -2.19. The molecular weight excluding hydrogens is 336 g/mol. The third-order valence-electron chi connectivity index (χ3n) is 3.81. The Bertz CT molecular complexity index is 921. The second kappa shape index (κ2) is 7.81. The van der Waals surface area contributed by atoms with E-state index in [0.29, 0.717) is 10.8 Å². The number of hydrogen-bond acceptors (Lipinski definition) is 3. The third kappa shape index (κ3) is 4.17. The van der Waals surface area contributed by atoms with Gasteiger partial charge < -0.3 is 4.74 Å². The lowest BCUT2D eigenvalue weighted by molar-refractivity contribution is -0.120. The predicted molar refractivity (Wildman–Crippen MR) is 101 cm³/mol. The van der Waals surface area contributed by atoms with Crippen molar-refractivity contribution in [2.75, 3.05) is 7.11 Å². The van der Waals surface area contributed by atoms with E-state index in [9.17, 15) is 4.79 Å². The van der Waals surface area contributed by atoms with Crippen LogP contribution in [0.25, 0.3) is 10.8 Å². The molecule has 1 N–H and O–H groups in total. The number of carbonyl (C=O) groups is 1. The van der Waals surface area contributed by atoms with E-state index in [0.717, 1.165) is 21.9 Å². The van der Waals surface area contributed by atoms with Crippen LogP contribution in [-0.4, -0.2) is 19.2 Å². The minimum absolute atomic E-state index is 0.197. The summed E-state index contributed by atoms with van der Waals surface area (Å²) in [6, 6.07) is 19.0. The van der Waals surface area contributed by atoms with Crippen molar-refractivity contribution in [2.45, 2.75) is 6.42 Å². The first-order valence-corrected chi connectivity index (χ1v) is 8.17. The van der Waals surface area contributed by atoms with Gasteiger partial charge >= 0.3 is 0 Å². The molecule has 0 aliphatic heterocycles. The SMILES string of the molecule is COc1ccc2ccccc2c1/C=N\NC(=O)Cc1ccc(Cl)cc1. The first-order chi connectivity index (χ1) is 12.2. The van der Waals surface area contributed by atoms with E-state index >= 15 is 0 Å². The molecule has 0 aliphatic rings. The second-order valence-electron chi connectivity index (χ2n) is 5.50. The zero-order valence-corrected chi connectivity index (χ0v) is 14.5. The largest absolute Gasteiger partial charge is 0.496 e. The Kier molecular flexibility index (Phi) is 5.31. The Balaban J connectivity index is 1.74. The van der Waals surface area contributed by atoms with Gasteiger partial charge in [-0.2, -0.15) is 5.10 Å². The zero-order valence-electron chi connectivity index (χ0n) is 13.7. The molecule has 3 aromatic rings. The van der Waals surface area contributed by atoms with E-state index < -0.39 is 0 Å². The third-order valence-corrected chi connectivity index (χ3v) is 4.06. The van der Waals surface area contributed by atoms with Gasteiger partial charge in [0.25, 0.3) is 0 Å². The van der Waals surface area contributed by atoms with Crippen LogP contribution in [-0.2, 0) is 11.2 Å². The molecule has 0 unspecified atom stereocenters. The first-order valence-electron chi connectivity index (χ1n) is 7.79. The summed E-state index contributed by atoms with van der Waals surface area (Å²) in [5, 5.41) is 6.82. The summed E-state index contributed by atoms with van der Waals surface area (Å²) in [4.78, 5) is 12.0. The minimum Gasteiger partial charge on any atom is -0.496 e. The Morgan fingerprint density at radius 2 is 1.88 bits per heavy atom. The van der Waals surface area contributed by atoms with Crippen LogP contribution in [0.1, 0.15) is 11.1 Å². The predicted octanol–water partition coefficient (Wildman–Crippen LogP) is 4.19. The fourth-order valence-corrected chi connectivity index (χ4v) is 2.71. The Hall–Kier alpha value is -2.85. The lowest BCUT2D eigenvalue weighted by atomic mass is 10.0. The molecule has 25 heavy (non-hydrogen) atoms. The first kappa shape index (κ1) is 17.0. The van der Waals surface area contributed by atoms with Crippen molar-refractivity contribution in [3.05, 3.63) is 76.8 Å². The summed E-state index contributed by atoms with van der Waals surface area (Å²) in [6.07, 6.45) is 1.85. The van der Waals surface area contributed by atoms with Crippen LogP contribution in [0.4, 0.5) is 0 Å². The highest BCUT2D eigenvalue weighted by Gasteiger charge is 2.06. The number of hydrazone groups is 1. The summed E-state index contributed by atoms with van der Waals surface area (Å²) in [5.41, 5.74) is 4.25. The molecule has 4 nitrogen and oxygen atoms in total. The fourth-order valence-electron chi connectivity index (χ4n) is 2.58. The molecule has 0 saturated carbocycles. The number of benzene rings is 3. The quantitative estimate of drug-likeness (QED) is 0.552. The summed E-state index contributed by atoms with van der Waals surface area (Å²) in [7, 11) is 1.61. The molecule has 5 heteroatoms. The molecule has 3 aromatic carbocycles. The number of ether oxygens (including phenoxy) is 1. The maximum atomic E-state index is 12.0. The minimum atomic E-state index is -0.197. The van der Waals surface area contributed by atoms with E-state index in [-0.39, 0.29) is 12.3 Å². The van der Waals surface area contributed by atoms with Crippen LogP contribution < -0.4 is 10.2 Å². The van der Waals surface area contributed by atoms with Crippen molar-refractivity contribution in [1.82, 2.24) is 5.43 Å². The molecule has 0 spiro atoms. The van der Waals surface area contributed by atoms with E-state index in [4.69, 9.17) is 16.3 Å². The summed E-state index contributed by atoms with van der Waals surface area (Å²) in [6.45, 7) is 0. The number of methoxy groups -OCH3 is 1. The Morgan fingerprint density at radius 3 is 2.64 bits per heavy atom. The average Bonchev–Trinajstić information content (AvgIpc) is 2.63. The standard InChI is InChI=1S/C20H17ClN2O2/c1-25-19-11-8-15-4-2-3-5-17(15)18(19)13-22-23-20(24)12-14-6-9-16(21)10-7-14/h2-11,13H,12H2,1H3,(H,23,24)/b22-13-. The van der Waals surface area contributed by atoms with Crippen molar-refractivity contribution in [2.24, 2.45) is 5.10 Å². The summed E-state index contributed by atoms with van der Waals surface area (Å²) >= 11 is 5.84. The number of nitrogens with one attached hydrogen (secondary N) is 1. The molecule has 0 heterocycles. The van der Waals surface area contributed by atoms with Gasteiger partial charge in [-0.3, -0.25) is 4.79 Å². The number of fused-ring (bicyclic) bond motifs is 1. The van der Waals surface area contributed by atoms with Crippen LogP contribution in [0.2, 0.25) is 5.02 Å². The van der Waals surface area contributed by atoms with Gasteiger partial charge in [-0.15, -0.1) is 0 Å². The van der Waals surface area contributed by atoms with E-state index in [1.54, 1.807) is 25.5 Å². The highest BCUT2D eigenvalue weighted by Crippen LogP contribution is 2.26. The van der Waals surface area contributed by atoms with E-state index in [1.807, 2.05) is 48.5 Å². The highest BCUT2D eigenvalue weighted by molar-refractivity contribution is 6.30. The van der Waals surface area contributed by atoms with Crippen LogP contribution in [0.5, 0.6) is 5.75 Å². The van der Waals surface area contributed by atoms with Crippen molar-refractivity contribution >= 4 is 34.5 Å². The average molecular weight is 353 g/mol. The highest BCUT2D eigenvalue weighted by atomic mass is 35.5. The molecule has 3 rings (SSSR count). The number of hydrogen-bond donors (Lipinski definition) is 1. The molecular formula is C20H17ClN2O2. The van der Waals surface area contributed by atoms with Gasteiger partial charge in [0.2, 0.25) is 5.91 Å². The van der Waals surface area contributed by atoms with Crippen molar-refractivity contribution < 1.29 is 9.53 Å². The fraction of sp³-hybridized carbons (Fsp3) is 0.100. The van der Waals surface area contributed by atoms with Crippen molar-refractivity contribution in [3.8, 4) is 5.75 Å². The summed E-state index contributed by atoms with van der Waals surface area (Å²) < 4.78 is 5.40. The van der Waals surface area contributed by atoms with Crippen LogP contribution in [0.15, 0.2) is 65.8 Å². The molecule has 0 atom stereocenters. The number of carbonyl (C=O) groups excluding carboxylic acids is 1. The maximum Gasteiger partial charge on any atom is 0.244 e. The van der Waals surface area contributed by atoms with E-state index in [1.165, 1.54) is 0 Å². The molecule has 0 fully saturated rings. The zero-order chi connectivity index (χ0) is 17.6. The molecule has 0 bridgehead atoms. The molecule has 0 radical (unpaired) electrons. The maximum absolute atomic E-state index is 12.0. The van der Waals surface area contributed by atoms with Gasteiger partial charge in [-0.25, -0.2) is 5.43 Å². The van der Waals surface area contributed by atoms with E-state index in [2.05, 4.69) is 10.5 Å². The van der Waals surface area contributed by atoms with Crippen molar-refractivity contribution in [1.29, 1.82) is 0 Å². The smallest absolute Gasteiger partial charge is 0.244 e. The van der Waals surface area contributed by atoms with Gasteiger partial charge in [0, 0.05) is 10.6 Å². The molecule has 1 amide bonds. The van der Waals surface area contributed by atoms with Crippen LogP contribution in [0, 0.1) is 0 Å². The number of rotatable bonds is 5. The number of nitrogens with zero attached hydrogens (tertiary/aromatic N) is 1. The monoisotopic (exact) mass is 352 g/mol. The van der Waals surface area contributed by atoms with Crippen LogP contribution in [0.3, 0.4) is 0 Å². The Labute approximate surface area is 151 Å². The van der Waals surface area contributed by atoms with Crippen LogP contribution >= 0.6 is 11.6 Å². The Morgan fingerprint density at radius 1 is 1.12 bits per heavy atom. The second-order valence-corrected chi connectivity index (χ2v) is 5.94. The topological polar surface area (TPSA) is 50.7 Å². The molecule has 126 valence electrons. The van der Waals surface area contributed by atoms with Gasteiger partial charge in [0.15, 0.2) is 0 Å². The van der Waals surface area contributed by atoms with Gasteiger partial charge in [0.1, 0.15) is 5.75 Å². The number of halogens is 1. The van der Waals surface area contributed by atoms with Gasteiger partial charge in [-0.1, -0.05) is 54.1 Å². The van der Waals surface area contributed by atoms with Gasteiger partial charge in [-0.05, 0) is 34.5 Å².